The van der Waals surface area contributed by atoms with Gasteiger partial charge in [-0.3, -0.25) is 0 Å². The molecule has 0 spiro atoms. The highest BCUT2D eigenvalue weighted by Gasteiger charge is 2.18. The molecule has 0 aliphatic carbocycles. The summed E-state index contributed by atoms with van der Waals surface area (Å²) in [5.74, 6) is 2.51. The second-order valence-electron chi connectivity index (χ2n) is 4.79. The van der Waals surface area contributed by atoms with Gasteiger partial charge in [-0.2, -0.15) is 0 Å². The van der Waals surface area contributed by atoms with Gasteiger partial charge >= 0.3 is 0 Å². The van der Waals surface area contributed by atoms with Crippen molar-refractivity contribution in [2.24, 2.45) is 17.8 Å². The minimum Gasteiger partial charge on any atom is -0.313 e. The molecule has 0 heterocycles. The maximum Gasteiger partial charge on any atom is -0.00477 e. The lowest BCUT2D eigenvalue weighted by Gasteiger charge is -2.26. The van der Waals surface area contributed by atoms with Crippen LogP contribution in [0.1, 0.15) is 59.8 Å². The molecule has 0 amide bonds. The smallest absolute Gasteiger partial charge is 0.00477 e. The lowest BCUT2D eigenvalue weighted by Crippen LogP contribution is -2.17. The molecule has 1 nitrogen and oxygen atoms in total. The van der Waals surface area contributed by atoms with Crippen LogP contribution in [0.15, 0.2) is 0 Å². The van der Waals surface area contributed by atoms with Crippen molar-refractivity contribution in [3.8, 4) is 0 Å². The van der Waals surface area contributed by atoms with E-state index in [1.165, 1.54) is 25.7 Å². The fourth-order valence-electron chi connectivity index (χ4n) is 2.07. The van der Waals surface area contributed by atoms with Crippen LogP contribution < -0.4 is 0 Å². The van der Waals surface area contributed by atoms with Gasteiger partial charge in [0.05, 0.1) is 0 Å². The Morgan fingerprint density at radius 2 is 1.79 bits per heavy atom. The molecule has 2 unspecified atom stereocenters. The van der Waals surface area contributed by atoms with Crippen molar-refractivity contribution < 1.29 is 0 Å². The quantitative estimate of drug-likeness (QED) is 0.437. The van der Waals surface area contributed by atoms with Gasteiger partial charge in [0.1, 0.15) is 0 Å². The molecule has 1 heteroatoms. The lowest BCUT2D eigenvalue weighted by molar-refractivity contribution is 0.243. The summed E-state index contributed by atoms with van der Waals surface area (Å²) in [4.78, 5) is 0. The molecule has 14 heavy (non-hydrogen) atoms. The van der Waals surface area contributed by atoms with Crippen LogP contribution in [0, 0.1) is 23.2 Å². The second kappa shape index (κ2) is 8.02. The lowest BCUT2D eigenvalue weighted by atomic mass is 9.79. The van der Waals surface area contributed by atoms with Crippen molar-refractivity contribution >= 4 is 6.21 Å². The van der Waals surface area contributed by atoms with Crippen molar-refractivity contribution in [1.29, 1.82) is 5.41 Å². The number of hydrogen-bond acceptors (Lipinski definition) is 1. The van der Waals surface area contributed by atoms with E-state index in [9.17, 15) is 0 Å². The number of nitrogens with one attached hydrogen (secondary N) is 1. The second-order valence-corrected chi connectivity index (χ2v) is 4.79. The van der Waals surface area contributed by atoms with Crippen molar-refractivity contribution in [3.05, 3.63) is 0 Å². The summed E-state index contributed by atoms with van der Waals surface area (Å²) in [5, 5.41) is 7.02. The summed E-state index contributed by atoms with van der Waals surface area (Å²) in [6.45, 7) is 9.31. The third-order valence-electron chi connectivity index (χ3n) is 3.38. The van der Waals surface area contributed by atoms with Gasteiger partial charge in [0.25, 0.3) is 0 Å². The van der Waals surface area contributed by atoms with Crippen LogP contribution >= 0.6 is 0 Å². The minimum atomic E-state index is 0.798. The largest absolute Gasteiger partial charge is 0.313 e. The number of rotatable bonds is 8. The van der Waals surface area contributed by atoms with E-state index in [1.54, 1.807) is 6.21 Å². The van der Waals surface area contributed by atoms with E-state index in [4.69, 9.17) is 5.41 Å². The molecule has 0 aliphatic rings. The van der Waals surface area contributed by atoms with Crippen LogP contribution in [0.5, 0.6) is 0 Å². The van der Waals surface area contributed by atoms with Crippen LogP contribution in [0.25, 0.3) is 0 Å². The summed E-state index contributed by atoms with van der Waals surface area (Å²) in [5.41, 5.74) is 0. The Morgan fingerprint density at radius 3 is 2.21 bits per heavy atom. The fourth-order valence-corrected chi connectivity index (χ4v) is 2.07. The zero-order valence-electron chi connectivity index (χ0n) is 10.3. The zero-order chi connectivity index (χ0) is 11.0. The van der Waals surface area contributed by atoms with E-state index in [1.807, 2.05) is 0 Å². The minimum absolute atomic E-state index is 0.798. The Labute approximate surface area is 89.8 Å². The summed E-state index contributed by atoms with van der Waals surface area (Å²) < 4.78 is 0. The Balaban J connectivity index is 3.93. The van der Waals surface area contributed by atoms with Crippen molar-refractivity contribution in [2.75, 3.05) is 0 Å². The predicted octanol–water partition coefficient (Wildman–Crippen LogP) is 4.51. The van der Waals surface area contributed by atoms with Crippen molar-refractivity contribution in [2.45, 2.75) is 59.8 Å². The molecule has 0 aliphatic heterocycles. The first kappa shape index (κ1) is 13.7. The normalized spacial score (nSPS) is 15.5. The molecule has 84 valence electrons. The van der Waals surface area contributed by atoms with Crippen molar-refractivity contribution in [1.82, 2.24) is 0 Å². The van der Waals surface area contributed by atoms with Gasteiger partial charge < -0.3 is 5.41 Å². The molecule has 0 saturated carbocycles. The molecule has 0 bridgehead atoms. The number of hydrogen-bond donors (Lipinski definition) is 1. The van der Waals surface area contributed by atoms with E-state index in [0.29, 0.717) is 0 Å². The summed E-state index contributed by atoms with van der Waals surface area (Å²) in [6.07, 6.45) is 7.67. The fraction of sp³-hybridized carbons (Fsp3) is 0.923. The predicted molar refractivity (Wildman–Crippen MR) is 65.0 cm³/mol. The first-order valence-electron chi connectivity index (χ1n) is 6.12. The van der Waals surface area contributed by atoms with E-state index >= 15 is 0 Å². The van der Waals surface area contributed by atoms with Crippen LogP contribution in [0.3, 0.4) is 0 Å². The summed E-state index contributed by atoms with van der Waals surface area (Å²) in [6, 6.07) is 0. The molecule has 0 aromatic heterocycles. The highest BCUT2D eigenvalue weighted by atomic mass is 14.3. The highest BCUT2D eigenvalue weighted by molar-refractivity contribution is 5.52. The van der Waals surface area contributed by atoms with Gasteiger partial charge in [-0.1, -0.05) is 40.5 Å². The molecule has 1 N–H and O–H groups in total. The monoisotopic (exact) mass is 197 g/mol. The van der Waals surface area contributed by atoms with E-state index in [-0.39, 0.29) is 0 Å². The van der Waals surface area contributed by atoms with Crippen molar-refractivity contribution in [3.63, 3.8) is 0 Å². The SMILES string of the molecule is CCCC(CCCC=N)C(C)C(C)C. The molecular formula is C13H27N. The van der Waals surface area contributed by atoms with Crippen LogP contribution in [-0.4, -0.2) is 6.21 Å². The Kier molecular flexibility index (Phi) is 7.83. The van der Waals surface area contributed by atoms with Crippen LogP contribution in [0.4, 0.5) is 0 Å². The van der Waals surface area contributed by atoms with Crippen LogP contribution in [0.2, 0.25) is 0 Å². The molecule has 0 saturated heterocycles. The molecule has 0 radical (unpaired) electrons. The standard InChI is InChI=1S/C13H27N/c1-5-8-13(9-6-7-10-14)12(4)11(2)3/h10-14H,5-9H2,1-4H3. The average molecular weight is 197 g/mol. The summed E-state index contributed by atoms with van der Waals surface area (Å²) in [7, 11) is 0. The van der Waals surface area contributed by atoms with Gasteiger partial charge in [-0.25, -0.2) is 0 Å². The number of unbranched alkanes of at least 4 members (excludes halogenated alkanes) is 1. The Bertz CT molecular complexity index is 140. The van der Waals surface area contributed by atoms with Crippen LogP contribution in [-0.2, 0) is 0 Å². The van der Waals surface area contributed by atoms with E-state index < -0.39 is 0 Å². The molecule has 0 fully saturated rings. The third kappa shape index (κ3) is 5.41. The Morgan fingerprint density at radius 1 is 1.14 bits per heavy atom. The Hall–Kier alpha value is -0.330. The maximum absolute atomic E-state index is 7.02. The zero-order valence-corrected chi connectivity index (χ0v) is 10.3. The molecule has 0 aromatic carbocycles. The van der Waals surface area contributed by atoms with Gasteiger partial charge in [0, 0.05) is 0 Å². The molecule has 0 aromatic rings. The third-order valence-corrected chi connectivity index (χ3v) is 3.38. The maximum atomic E-state index is 7.02. The topological polar surface area (TPSA) is 23.9 Å². The highest BCUT2D eigenvalue weighted by Crippen LogP contribution is 2.28. The van der Waals surface area contributed by atoms with Gasteiger partial charge in [0.2, 0.25) is 0 Å². The van der Waals surface area contributed by atoms with Gasteiger partial charge in [-0.15, -0.1) is 0 Å². The van der Waals surface area contributed by atoms with E-state index in [0.717, 1.165) is 24.2 Å². The average Bonchev–Trinajstić information content (AvgIpc) is 2.15. The summed E-state index contributed by atoms with van der Waals surface area (Å²) >= 11 is 0. The first-order valence-corrected chi connectivity index (χ1v) is 6.12. The first-order chi connectivity index (χ1) is 6.63. The molecule has 0 rings (SSSR count). The van der Waals surface area contributed by atoms with E-state index in [2.05, 4.69) is 27.7 Å². The van der Waals surface area contributed by atoms with Gasteiger partial charge in [-0.05, 0) is 43.2 Å². The molecule has 2 atom stereocenters. The van der Waals surface area contributed by atoms with Gasteiger partial charge in [0.15, 0.2) is 0 Å². The molecular weight excluding hydrogens is 170 g/mol.